The molecule has 1 saturated heterocycles. The third kappa shape index (κ3) is 2.50. The van der Waals surface area contributed by atoms with E-state index in [2.05, 4.69) is 10.3 Å². The van der Waals surface area contributed by atoms with Crippen molar-refractivity contribution in [1.82, 2.24) is 14.9 Å². The van der Waals surface area contributed by atoms with E-state index in [4.69, 9.17) is 45.0 Å². The van der Waals surface area contributed by atoms with Gasteiger partial charge in [-0.1, -0.05) is 16.1 Å². The molecule has 1 fully saturated rings. The molecule has 3 rings (SSSR count). The van der Waals surface area contributed by atoms with Crippen molar-refractivity contribution >= 4 is 84.0 Å². The smallest absolute Gasteiger partial charge is 0.264 e. The van der Waals surface area contributed by atoms with Gasteiger partial charge in [0, 0.05) is 12.1 Å². The lowest BCUT2D eigenvalue weighted by molar-refractivity contribution is -0.136. The number of nitrogen functional groups attached to an aromatic ring is 1. The van der Waals surface area contributed by atoms with Crippen LogP contribution in [0.2, 0.25) is 5.21 Å². The second kappa shape index (κ2) is 5.82. The van der Waals surface area contributed by atoms with Crippen molar-refractivity contribution in [3.05, 3.63) is 16.2 Å². The lowest BCUT2D eigenvalue weighted by atomic mass is 9.47. The van der Waals surface area contributed by atoms with E-state index in [1.165, 1.54) is 6.92 Å². The molecular formula is C14H9B5N4O3. The molecule has 118 valence electrons. The van der Waals surface area contributed by atoms with Crippen molar-refractivity contribution in [3.8, 4) is 0 Å². The largest absolute Gasteiger partial charge is 0.399 e. The number of anilines is 1. The van der Waals surface area contributed by atoms with E-state index >= 15 is 0 Å². The van der Waals surface area contributed by atoms with E-state index in [0.29, 0.717) is 0 Å². The van der Waals surface area contributed by atoms with E-state index < -0.39 is 28.6 Å². The van der Waals surface area contributed by atoms with Crippen molar-refractivity contribution in [2.75, 3.05) is 5.73 Å². The fourth-order valence-corrected chi connectivity index (χ4v) is 3.16. The fraction of sp³-hybridized carbons (Fsp3) is 0.286. The number of imide groups is 1. The number of piperidine rings is 1. The number of carbonyl (C=O) groups is 2. The van der Waals surface area contributed by atoms with Gasteiger partial charge in [-0.3, -0.25) is 24.3 Å². The van der Waals surface area contributed by atoms with Crippen LogP contribution in [-0.2, 0) is 9.59 Å². The summed E-state index contributed by atoms with van der Waals surface area (Å²) < 4.78 is 0.982. The van der Waals surface area contributed by atoms with Gasteiger partial charge in [0.05, 0.1) is 26.6 Å². The van der Waals surface area contributed by atoms with Crippen LogP contribution in [0.5, 0.6) is 0 Å². The van der Waals surface area contributed by atoms with Crippen LogP contribution in [0.25, 0.3) is 10.9 Å². The molecule has 1 aromatic heterocycles. The van der Waals surface area contributed by atoms with E-state index in [1.807, 2.05) is 0 Å². The van der Waals surface area contributed by atoms with E-state index in [-0.39, 0.29) is 45.2 Å². The summed E-state index contributed by atoms with van der Waals surface area (Å²) in [6, 6.07) is -1.39. The molecule has 1 aliphatic rings. The van der Waals surface area contributed by atoms with Crippen LogP contribution >= 0.6 is 0 Å². The molecule has 1 aromatic carbocycles. The minimum absolute atomic E-state index is 0.00548. The molecular weight excluding hydrogens is 326 g/mol. The molecule has 12 heteroatoms. The topological polar surface area (TPSA) is 107 Å². The van der Waals surface area contributed by atoms with Crippen LogP contribution in [0, 0.1) is 6.92 Å². The lowest BCUT2D eigenvalue weighted by Crippen LogP contribution is -2.53. The van der Waals surface area contributed by atoms with Gasteiger partial charge in [0.2, 0.25) is 11.8 Å². The number of fused-ring (bicyclic) bond motifs is 1. The standard InChI is InChI=1S/C14H9B5N4O3/c1-3-21-10-5(9(20)7(16)6(15)8(10)17)13(26)23(3)11-12(25)22-4(24)2-14(11,18)19/h11H,2,20H2,1H3,(H,22,24,25). The Morgan fingerprint density at radius 2 is 1.77 bits per heavy atom. The molecule has 0 bridgehead atoms. The highest BCUT2D eigenvalue weighted by molar-refractivity contribution is 6.61. The number of carbonyl (C=O) groups excluding carboxylic acids is 2. The van der Waals surface area contributed by atoms with Gasteiger partial charge >= 0.3 is 0 Å². The van der Waals surface area contributed by atoms with Crippen LogP contribution in [0.4, 0.5) is 5.69 Å². The van der Waals surface area contributed by atoms with Gasteiger partial charge in [-0.2, -0.15) is 0 Å². The monoisotopic (exact) mass is 336 g/mol. The van der Waals surface area contributed by atoms with Crippen molar-refractivity contribution in [2.24, 2.45) is 0 Å². The first-order chi connectivity index (χ1) is 12.0. The van der Waals surface area contributed by atoms with Crippen molar-refractivity contribution in [1.29, 1.82) is 0 Å². The van der Waals surface area contributed by atoms with Gasteiger partial charge in [0.15, 0.2) is 0 Å². The normalized spacial score (nSPS) is 19.5. The average Bonchev–Trinajstić information content (AvgIpc) is 2.51. The number of hydrogen-bond acceptors (Lipinski definition) is 5. The Bertz CT molecular complexity index is 1050. The van der Waals surface area contributed by atoms with Gasteiger partial charge in [-0.25, -0.2) is 4.98 Å². The highest BCUT2D eigenvalue weighted by atomic mass is 16.2. The zero-order chi connectivity index (χ0) is 19.5. The number of amides is 2. The maximum absolute atomic E-state index is 13.1. The number of hydrogen-bond donors (Lipinski definition) is 2. The fourth-order valence-electron chi connectivity index (χ4n) is 3.16. The molecule has 1 atom stereocenters. The average molecular weight is 335 g/mol. The van der Waals surface area contributed by atoms with Crippen molar-refractivity contribution in [3.63, 3.8) is 0 Å². The molecule has 2 heterocycles. The molecule has 0 spiro atoms. The summed E-state index contributed by atoms with van der Waals surface area (Å²) in [4.78, 5) is 41.3. The molecule has 0 saturated carbocycles. The maximum atomic E-state index is 13.1. The minimum atomic E-state index is -1.80. The number of nitrogens with two attached hydrogens (primary N) is 1. The number of nitrogens with zero attached hydrogens (tertiary/aromatic N) is 2. The second-order valence-corrected chi connectivity index (χ2v) is 6.32. The van der Waals surface area contributed by atoms with Crippen LogP contribution in [0.1, 0.15) is 18.3 Å². The molecule has 2 aromatic rings. The minimum Gasteiger partial charge on any atom is -0.399 e. The Hall–Kier alpha value is -2.38. The third-order valence-electron chi connectivity index (χ3n) is 4.43. The zero-order valence-corrected chi connectivity index (χ0v) is 13.9. The van der Waals surface area contributed by atoms with E-state index in [9.17, 15) is 14.4 Å². The molecule has 10 radical (unpaired) electrons. The van der Waals surface area contributed by atoms with Crippen LogP contribution in [0.15, 0.2) is 4.79 Å². The highest BCUT2D eigenvalue weighted by Crippen LogP contribution is 2.38. The summed E-state index contributed by atoms with van der Waals surface area (Å²) >= 11 is 0. The van der Waals surface area contributed by atoms with Gasteiger partial charge in [-0.05, 0) is 6.92 Å². The Labute approximate surface area is 155 Å². The van der Waals surface area contributed by atoms with Gasteiger partial charge < -0.3 is 5.73 Å². The van der Waals surface area contributed by atoms with Crippen LogP contribution in [0.3, 0.4) is 0 Å². The number of aromatic nitrogens is 2. The predicted molar refractivity (Wildman–Crippen MR) is 102 cm³/mol. The summed E-state index contributed by atoms with van der Waals surface area (Å²) in [6.45, 7) is 1.46. The first-order valence-corrected chi connectivity index (χ1v) is 7.53. The molecule has 7 nitrogen and oxygen atoms in total. The first-order valence-electron chi connectivity index (χ1n) is 7.53. The second-order valence-electron chi connectivity index (χ2n) is 6.32. The third-order valence-corrected chi connectivity index (χ3v) is 4.43. The summed E-state index contributed by atoms with van der Waals surface area (Å²) in [5.41, 5.74) is 5.07. The molecule has 0 aliphatic carbocycles. The van der Waals surface area contributed by atoms with Crippen molar-refractivity contribution < 1.29 is 9.59 Å². The maximum Gasteiger partial charge on any atom is 0.264 e. The Morgan fingerprint density at radius 3 is 2.35 bits per heavy atom. The summed E-state index contributed by atoms with van der Waals surface area (Å²) in [6.07, 6.45) is -0.366. The Kier molecular flexibility index (Phi) is 4.12. The lowest BCUT2D eigenvalue weighted by Gasteiger charge is -2.39. The quantitative estimate of drug-likeness (QED) is 0.312. The van der Waals surface area contributed by atoms with Gasteiger partial charge in [0.25, 0.3) is 5.56 Å². The Balaban J connectivity index is 2.41. The van der Waals surface area contributed by atoms with Crippen LogP contribution < -0.4 is 33.0 Å². The highest BCUT2D eigenvalue weighted by Gasteiger charge is 2.43. The Morgan fingerprint density at radius 1 is 1.15 bits per heavy atom. The molecule has 3 N–H and O–H groups in total. The predicted octanol–water partition coefficient (Wildman–Crippen LogP) is -4.29. The molecule has 1 unspecified atom stereocenters. The molecule has 1 aliphatic heterocycles. The summed E-state index contributed by atoms with van der Waals surface area (Å²) in [5, 5.41) is 0.193. The first kappa shape index (κ1) is 18.4. The molecule has 2 amide bonds. The molecule has 26 heavy (non-hydrogen) atoms. The van der Waals surface area contributed by atoms with E-state index in [1.54, 1.807) is 0 Å². The van der Waals surface area contributed by atoms with E-state index in [0.717, 1.165) is 4.57 Å². The number of benzene rings is 1. The zero-order valence-electron chi connectivity index (χ0n) is 13.9. The van der Waals surface area contributed by atoms with Crippen molar-refractivity contribution in [2.45, 2.75) is 24.6 Å². The number of rotatable bonds is 1. The van der Waals surface area contributed by atoms with Crippen LogP contribution in [-0.4, -0.2) is 60.6 Å². The summed E-state index contributed by atoms with van der Waals surface area (Å²) in [7, 11) is 29.4. The number of nitrogens with one attached hydrogen (secondary N) is 1. The SMILES string of the molecule is [B]c1c([B])c(N)c2c(=O)n(C3C(=O)NC(=O)CC3([B])[B])c(C)nc2c1[B]. The number of aryl methyl sites for hydroxylation is 1. The summed E-state index contributed by atoms with van der Waals surface area (Å²) in [5.74, 6) is -1.38. The van der Waals surface area contributed by atoms with Gasteiger partial charge in [0.1, 0.15) is 35.4 Å². The van der Waals surface area contributed by atoms with Gasteiger partial charge in [-0.15, -0.1) is 5.46 Å².